The molecule has 1 aliphatic rings. The molecule has 36 heavy (non-hydrogen) atoms. The summed E-state index contributed by atoms with van der Waals surface area (Å²) in [4.78, 5) is 13.3. The molecule has 1 aliphatic heterocycles. The van der Waals surface area contributed by atoms with Gasteiger partial charge < -0.3 is 4.74 Å². The van der Waals surface area contributed by atoms with Crippen molar-refractivity contribution in [3.05, 3.63) is 53.6 Å². The molecule has 4 rings (SSSR count). The van der Waals surface area contributed by atoms with Crippen LogP contribution in [-0.2, 0) is 20.2 Å². The molecule has 1 atom stereocenters. The Hall–Kier alpha value is -2.63. The van der Waals surface area contributed by atoms with Crippen LogP contribution < -0.4 is 14.4 Å². The monoisotopic (exact) mass is 546 g/mol. The lowest BCUT2D eigenvalue weighted by molar-refractivity contribution is -0.122. The van der Waals surface area contributed by atoms with Gasteiger partial charge >= 0.3 is 0 Å². The number of hydrogen-bond donors (Lipinski definition) is 1. The zero-order valence-corrected chi connectivity index (χ0v) is 23.6. The lowest BCUT2D eigenvalue weighted by Crippen LogP contribution is -2.49. The molecular formula is C25H30N4O4S3. The van der Waals surface area contributed by atoms with Gasteiger partial charge in [0.25, 0.3) is 15.9 Å². The summed E-state index contributed by atoms with van der Waals surface area (Å²) in [6.45, 7) is 12.0. The number of benzene rings is 2. The first-order chi connectivity index (χ1) is 16.8. The van der Waals surface area contributed by atoms with Crippen molar-refractivity contribution in [1.29, 1.82) is 0 Å². The van der Waals surface area contributed by atoms with E-state index >= 15 is 0 Å². The topological polar surface area (TPSA) is 101 Å². The van der Waals surface area contributed by atoms with Gasteiger partial charge in [-0.1, -0.05) is 81.5 Å². The van der Waals surface area contributed by atoms with Crippen LogP contribution in [0.5, 0.6) is 5.75 Å². The van der Waals surface area contributed by atoms with Gasteiger partial charge in [0.2, 0.25) is 5.13 Å². The number of thioether (sulfide) groups is 1. The van der Waals surface area contributed by atoms with Crippen molar-refractivity contribution in [2.45, 2.75) is 67.5 Å². The minimum atomic E-state index is -3.96. The number of amides is 1. The molecule has 1 N–H and O–H groups in total. The molecule has 2 aromatic carbocycles. The zero-order valence-electron chi connectivity index (χ0n) is 21.1. The average molecular weight is 547 g/mol. The number of nitrogens with zero attached hydrogens (tertiary/aromatic N) is 3. The van der Waals surface area contributed by atoms with E-state index in [2.05, 4.69) is 36.3 Å². The largest absolute Gasteiger partial charge is 0.476 e. The smallest absolute Gasteiger partial charge is 0.269 e. The Balaban J connectivity index is 1.68. The van der Waals surface area contributed by atoms with E-state index in [1.54, 1.807) is 42.1 Å². The third-order valence-electron chi connectivity index (χ3n) is 5.57. The minimum Gasteiger partial charge on any atom is -0.476 e. The summed E-state index contributed by atoms with van der Waals surface area (Å²) >= 11 is 2.82. The molecule has 0 saturated carbocycles. The molecule has 0 fully saturated rings. The molecule has 11 heteroatoms. The average Bonchev–Trinajstić information content (AvgIpc) is 3.23. The number of aromatic nitrogens is 2. The van der Waals surface area contributed by atoms with Crippen LogP contribution in [0, 0.1) is 6.92 Å². The van der Waals surface area contributed by atoms with Crippen molar-refractivity contribution >= 4 is 49.8 Å². The van der Waals surface area contributed by atoms with Gasteiger partial charge in [-0.2, -0.15) is 0 Å². The summed E-state index contributed by atoms with van der Waals surface area (Å²) in [5.41, 5.74) is 2.13. The van der Waals surface area contributed by atoms with Crippen LogP contribution in [0.4, 0.5) is 10.8 Å². The highest BCUT2D eigenvalue weighted by atomic mass is 32.2. The Bertz CT molecular complexity index is 1360. The molecule has 0 aliphatic carbocycles. The summed E-state index contributed by atoms with van der Waals surface area (Å²) in [7, 11) is -3.96. The molecule has 0 saturated heterocycles. The summed E-state index contributed by atoms with van der Waals surface area (Å²) in [5, 5.41) is 11.5. The number of nitrogens with one attached hydrogen (secondary N) is 1. The van der Waals surface area contributed by atoms with Crippen molar-refractivity contribution < 1.29 is 17.9 Å². The Morgan fingerprint density at radius 3 is 2.50 bits per heavy atom. The van der Waals surface area contributed by atoms with Crippen LogP contribution in [0.1, 0.15) is 45.7 Å². The van der Waals surface area contributed by atoms with E-state index in [1.165, 1.54) is 15.6 Å². The first-order valence-electron chi connectivity index (χ1n) is 11.6. The Morgan fingerprint density at radius 2 is 1.86 bits per heavy atom. The molecule has 0 radical (unpaired) electrons. The first-order valence-corrected chi connectivity index (χ1v) is 14.7. The van der Waals surface area contributed by atoms with Crippen LogP contribution in [0.2, 0.25) is 0 Å². The summed E-state index contributed by atoms with van der Waals surface area (Å²) in [6.07, 6.45) is -1.07. The van der Waals surface area contributed by atoms with Gasteiger partial charge in [-0.15, -0.1) is 10.2 Å². The second-order valence-electron chi connectivity index (χ2n) is 9.92. The van der Waals surface area contributed by atoms with Crippen molar-refractivity contribution in [3.63, 3.8) is 0 Å². The maximum Gasteiger partial charge on any atom is 0.269 e. The number of hydrogen-bond acceptors (Lipinski definition) is 8. The van der Waals surface area contributed by atoms with Crippen LogP contribution in [0.3, 0.4) is 0 Å². The Morgan fingerprint density at radius 1 is 1.17 bits per heavy atom. The van der Waals surface area contributed by atoms with Crippen molar-refractivity contribution in [3.8, 4) is 5.75 Å². The van der Waals surface area contributed by atoms with Gasteiger partial charge in [0.05, 0.1) is 17.1 Å². The summed E-state index contributed by atoms with van der Waals surface area (Å²) < 4.78 is 35.6. The zero-order chi connectivity index (χ0) is 26.3. The molecule has 1 amide bonds. The van der Waals surface area contributed by atoms with E-state index in [0.717, 1.165) is 15.5 Å². The van der Waals surface area contributed by atoms with Gasteiger partial charge in [-0.25, -0.2) is 8.42 Å². The summed E-state index contributed by atoms with van der Waals surface area (Å²) in [6, 6.07) is 12.1. The Labute approximate surface area is 220 Å². The molecule has 2 heterocycles. The molecule has 0 unspecified atom stereocenters. The normalized spacial score (nSPS) is 16.0. The van der Waals surface area contributed by atoms with Crippen molar-refractivity contribution in [2.24, 2.45) is 0 Å². The van der Waals surface area contributed by atoms with Gasteiger partial charge in [0, 0.05) is 5.25 Å². The third-order valence-corrected chi connectivity index (χ3v) is 9.29. The van der Waals surface area contributed by atoms with Gasteiger partial charge in [-0.05, 0) is 42.2 Å². The molecule has 0 spiro atoms. The fourth-order valence-electron chi connectivity index (χ4n) is 3.61. The van der Waals surface area contributed by atoms with E-state index < -0.39 is 22.0 Å². The maximum absolute atomic E-state index is 13.8. The van der Waals surface area contributed by atoms with Crippen LogP contribution in [0.15, 0.2) is 51.7 Å². The summed E-state index contributed by atoms with van der Waals surface area (Å²) in [5.74, 6) is -0.152. The maximum atomic E-state index is 13.8. The second-order valence-corrected chi connectivity index (χ2v) is 14.6. The van der Waals surface area contributed by atoms with E-state index in [0.29, 0.717) is 21.8 Å². The fraction of sp³-hybridized carbons (Fsp3) is 0.400. The minimum absolute atomic E-state index is 0.153. The number of aryl methyl sites for hydroxylation is 1. The number of fused-ring (bicyclic) bond motifs is 1. The number of ether oxygens (including phenoxy) is 1. The molecule has 192 valence electrons. The van der Waals surface area contributed by atoms with Crippen LogP contribution in [-0.4, -0.2) is 42.4 Å². The van der Waals surface area contributed by atoms with Gasteiger partial charge in [0.15, 0.2) is 10.4 Å². The van der Waals surface area contributed by atoms with E-state index in [4.69, 9.17) is 4.74 Å². The lowest BCUT2D eigenvalue weighted by atomic mass is 9.86. The van der Waals surface area contributed by atoms with Gasteiger partial charge in [0.1, 0.15) is 5.75 Å². The molecule has 0 bridgehead atoms. The van der Waals surface area contributed by atoms with E-state index in [9.17, 15) is 13.2 Å². The quantitative estimate of drug-likeness (QED) is 0.333. The van der Waals surface area contributed by atoms with Crippen LogP contribution in [0.25, 0.3) is 0 Å². The fourth-order valence-corrected chi connectivity index (χ4v) is 7.06. The van der Waals surface area contributed by atoms with Crippen molar-refractivity contribution in [1.82, 2.24) is 10.2 Å². The van der Waals surface area contributed by atoms with E-state index in [-0.39, 0.29) is 16.9 Å². The van der Waals surface area contributed by atoms with Crippen molar-refractivity contribution in [2.75, 3.05) is 16.2 Å². The third kappa shape index (κ3) is 5.68. The first kappa shape index (κ1) is 26.4. The number of rotatable bonds is 6. The second kappa shape index (κ2) is 10.0. The highest BCUT2D eigenvalue weighted by Gasteiger charge is 2.38. The standard InChI is InChI=1S/C25H30N4O4S3/c1-15(2)34-24-28-27-23(35-24)26-22(30)21-14-29(36(31,32)18-10-7-16(3)8-11-18)19-13-17(25(4,5)6)9-12-20(19)33-21/h7-13,15,21H,14H2,1-6H3,(H,26,27,30)/t21-/m1/s1. The number of sulfonamides is 1. The van der Waals surface area contributed by atoms with Crippen LogP contribution >= 0.6 is 23.1 Å². The molecule has 1 aromatic heterocycles. The Kier molecular flexibility index (Phi) is 7.36. The predicted octanol–water partition coefficient (Wildman–Crippen LogP) is 5.24. The molecule has 8 nitrogen and oxygen atoms in total. The lowest BCUT2D eigenvalue weighted by Gasteiger charge is -2.35. The highest BCUT2D eigenvalue weighted by molar-refractivity contribution is 8.01. The SMILES string of the molecule is Cc1ccc(S(=O)(=O)N2C[C@H](C(=O)Nc3nnc(SC(C)C)s3)Oc3ccc(C(C)(C)C)cc32)cc1. The highest BCUT2D eigenvalue weighted by Crippen LogP contribution is 2.40. The number of carbonyl (C=O) groups excluding carboxylic acids is 1. The van der Waals surface area contributed by atoms with E-state index in [1.807, 2.05) is 32.9 Å². The number of carbonyl (C=O) groups is 1. The molecule has 3 aromatic rings. The van der Waals surface area contributed by atoms with Gasteiger partial charge in [-0.3, -0.25) is 14.4 Å². The molecular weight excluding hydrogens is 517 g/mol. The predicted molar refractivity (Wildman–Crippen MR) is 145 cm³/mol. The number of anilines is 2.